The fourth-order valence-corrected chi connectivity index (χ4v) is 1.56. The molecule has 0 aromatic carbocycles. The summed E-state index contributed by atoms with van der Waals surface area (Å²) in [6.07, 6.45) is 0.871. The molecule has 0 aliphatic rings. The number of pyridine rings is 1. The van der Waals surface area contributed by atoms with E-state index in [1.165, 1.54) is 13.2 Å². The molecule has 0 saturated carbocycles. The summed E-state index contributed by atoms with van der Waals surface area (Å²) in [7, 11) is 1.25. The molecule has 0 aliphatic carbocycles. The predicted octanol–water partition coefficient (Wildman–Crippen LogP) is 1.68. The lowest BCUT2D eigenvalue weighted by Crippen LogP contribution is -2.08. The summed E-state index contributed by atoms with van der Waals surface area (Å²) >= 11 is 0. The molecule has 0 saturated heterocycles. The number of carbonyl (C=O) groups is 1. The lowest BCUT2D eigenvalue weighted by atomic mass is 10.3. The first-order valence-corrected chi connectivity index (χ1v) is 5.03. The van der Waals surface area contributed by atoms with Crippen molar-refractivity contribution >= 4 is 17.5 Å². The molecule has 0 radical (unpaired) electrons. The van der Waals surface area contributed by atoms with Crippen molar-refractivity contribution in [2.24, 2.45) is 0 Å². The Bertz CT molecular complexity index is 589. The Morgan fingerprint density at radius 1 is 1.47 bits per heavy atom. The van der Waals surface area contributed by atoms with Crippen LogP contribution in [0.25, 0.3) is 5.65 Å². The molecular formula is C11H13N3O3. The molecule has 0 aliphatic heterocycles. The minimum absolute atomic E-state index is 0.322. The van der Waals surface area contributed by atoms with Crippen LogP contribution in [0.15, 0.2) is 12.3 Å². The highest BCUT2D eigenvalue weighted by molar-refractivity contribution is 5.70. The van der Waals surface area contributed by atoms with E-state index in [4.69, 9.17) is 10.5 Å². The number of anilines is 1. The molecular weight excluding hydrogens is 222 g/mol. The van der Waals surface area contributed by atoms with E-state index in [0.717, 1.165) is 11.4 Å². The number of methoxy groups -OCH3 is 1. The molecule has 6 heteroatoms. The van der Waals surface area contributed by atoms with Crippen LogP contribution in [0.5, 0.6) is 5.75 Å². The zero-order valence-electron chi connectivity index (χ0n) is 9.85. The van der Waals surface area contributed by atoms with E-state index in [9.17, 15) is 4.79 Å². The summed E-state index contributed by atoms with van der Waals surface area (Å²) in [4.78, 5) is 15.3. The summed E-state index contributed by atoms with van der Waals surface area (Å²) in [5, 5.41) is 0. The van der Waals surface area contributed by atoms with Crippen LogP contribution in [0, 0.1) is 13.8 Å². The van der Waals surface area contributed by atoms with E-state index in [1.807, 2.05) is 13.8 Å². The summed E-state index contributed by atoms with van der Waals surface area (Å²) in [5.74, 6) is 0.322. The molecule has 2 rings (SSSR count). The van der Waals surface area contributed by atoms with Crippen molar-refractivity contribution in [3.05, 3.63) is 23.7 Å². The SMILES string of the molecule is COC(=O)Oc1cc(N)c2nc(C)c(C)n2c1. The first-order valence-electron chi connectivity index (χ1n) is 5.03. The fourth-order valence-electron chi connectivity index (χ4n) is 1.56. The third kappa shape index (κ3) is 1.89. The van der Waals surface area contributed by atoms with Crippen LogP contribution in [0.2, 0.25) is 0 Å². The van der Waals surface area contributed by atoms with Crippen LogP contribution in [-0.4, -0.2) is 22.6 Å². The van der Waals surface area contributed by atoms with Crippen molar-refractivity contribution in [1.29, 1.82) is 0 Å². The number of nitrogen functional groups attached to an aromatic ring is 1. The van der Waals surface area contributed by atoms with Crippen molar-refractivity contribution in [3.8, 4) is 5.75 Å². The van der Waals surface area contributed by atoms with E-state index in [-0.39, 0.29) is 0 Å². The molecule has 90 valence electrons. The summed E-state index contributed by atoms with van der Waals surface area (Å²) in [5.41, 5.74) is 8.77. The number of hydrogen-bond acceptors (Lipinski definition) is 5. The molecule has 2 heterocycles. The number of aromatic nitrogens is 2. The summed E-state index contributed by atoms with van der Waals surface area (Å²) in [6, 6.07) is 1.54. The normalized spacial score (nSPS) is 10.5. The number of nitrogens with zero attached hydrogens (tertiary/aromatic N) is 2. The Labute approximate surface area is 98.0 Å². The number of ether oxygens (including phenoxy) is 2. The van der Waals surface area contributed by atoms with Gasteiger partial charge in [0.05, 0.1) is 24.7 Å². The second-order valence-corrected chi connectivity index (χ2v) is 3.66. The average Bonchev–Trinajstić information content (AvgIpc) is 2.57. The number of imidazole rings is 1. The Balaban J connectivity index is 2.54. The van der Waals surface area contributed by atoms with E-state index >= 15 is 0 Å². The largest absolute Gasteiger partial charge is 0.513 e. The van der Waals surface area contributed by atoms with Crippen molar-refractivity contribution in [3.63, 3.8) is 0 Å². The van der Waals surface area contributed by atoms with Crippen LogP contribution < -0.4 is 10.5 Å². The van der Waals surface area contributed by atoms with Gasteiger partial charge in [-0.05, 0) is 13.8 Å². The minimum Gasteiger partial charge on any atom is -0.437 e. The van der Waals surface area contributed by atoms with Gasteiger partial charge in [-0.15, -0.1) is 0 Å². The molecule has 2 aromatic heterocycles. The van der Waals surface area contributed by atoms with Gasteiger partial charge in [0.25, 0.3) is 0 Å². The third-order valence-electron chi connectivity index (χ3n) is 2.57. The zero-order chi connectivity index (χ0) is 12.6. The molecule has 0 bridgehead atoms. The number of aryl methyl sites for hydroxylation is 2. The first kappa shape index (κ1) is 11.3. The van der Waals surface area contributed by atoms with Gasteiger partial charge in [0, 0.05) is 11.8 Å². The number of nitrogens with two attached hydrogens (primary N) is 1. The number of carbonyl (C=O) groups excluding carboxylic acids is 1. The molecule has 17 heavy (non-hydrogen) atoms. The van der Waals surface area contributed by atoms with Gasteiger partial charge in [-0.1, -0.05) is 0 Å². The highest BCUT2D eigenvalue weighted by atomic mass is 16.7. The van der Waals surface area contributed by atoms with Crippen molar-refractivity contribution in [2.75, 3.05) is 12.8 Å². The maximum atomic E-state index is 11.0. The van der Waals surface area contributed by atoms with Gasteiger partial charge in [-0.2, -0.15) is 0 Å². The molecule has 2 N–H and O–H groups in total. The summed E-state index contributed by atoms with van der Waals surface area (Å²) in [6.45, 7) is 3.80. The first-order chi connectivity index (χ1) is 8.02. The standard InChI is InChI=1S/C11H13N3O3/c1-6-7(2)14-5-8(17-11(15)16-3)4-9(12)10(14)13-6/h4-5H,12H2,1-3H3. The van der Waals surface area contributed by atoms with E-state index in [1.54, 1.807) is 10.6 Å². The van der Waals surface area contributed by atoms with E-state index in [0.29, 0.717) is 17.1 Å². The Morgan fingerprint density at radius 3 is 2.82 bits per heavy atom. The van der Waals surface area contributed by atoms with Crippen LogP contribution >= 0.6 is 0 Å². The highest BCUT2D eigenvalue weighted by Gasteiger charge is 2.11. The number of fused-ring (bicyclic) bond motifs is 1. The lowest BCUT2D eigenvalue weighted by molar-refractivity contribution is 0.121. The maximum Gasteiger partial charge on any atom is 0.513 e. The molecule has 0 spiro atoms. The molecule has 2 aromatic rings. The quantitative estimate of drug-likeness (QED) is 0.761. The molecule has 0 unspecified atom stereocenters. The maximum absolute atomic E-state index is 11.0. The second-order valence-electron chi connectivity index (χ2n) is 3.66. The Kier molecular flexibility index (Phi) is 2.63. The van der Waals surface area contributed by atoms with Crippen molar-refractivity contribution < 1.29 is 14.3 Å². The monoisotopic (exact) mass is 235 g/mol. The van der Waals surface area contributed by atoms with E-state index < -0.39 is 6.16 Å². The van der Waals surface area contributed by atoms with E-state index in [2.05, 4.69) is 9.72 Å². The molecule has 0 fully saturated rings. The Hall–Kier alpha value is -2.24. The fraction of sp³-hybridized carbons (Fsp3) is 0.273. The molecule has 0 atom stereocenters. The smallest absolute Gasteiger partial charge is 0.437 e. The number of rotatable bonds is 1. The van der Waals surface area contributed by atoms with Gasteiger partial charge in [0.2, 0.25) is 0 Å². The zero-order valence-corrected chi connectivity index (χ0v) is 9.85. The van der Waals surface area contributed by atoms with Crippen LogP contribution in [0.1, 0.15) is 11.4 Å². The lowest BCUT2D eigenvalue weighted by Gasteiger charge is -2.06. The topological polar surface area (TPSA) is 78.8 Å². The van der Waals surface area contributed by atoms with Crippen LogP contribution in [-0.2, 0) is 4.74 Å². The number of hydrogen-bond donors (Lipinski definition) is 1. The predicted molar refractivity (Wildman–Crippen MR) is 62.1 cm³/mol. The average molecular weight is 235 g/mol. The highest BCUT2D eigenvalue weighted by Crippen LogP contribution is 2.23. The molecule has 6 nitrogen and oxygen atoms in total. The van der Waals surface area contributed by atoms with Crippen LogP contribution in [0.4, 0.5) is 10.5 Å². The second kappa shape index (κ2) is 3.97. The van der Waals surface area contributed by atoms with Gasteiger partial charge in [0.15, 0.2) is 11.4 Å². The van der Waals surface area contributed by atoms with Crippen molar-refractivity contribution in [2.45, 2.75) is 13.8 Å². The van der Waals surface area contributed by atoms with Crippen LogP contribution in [0.3, 0.4) is 0 Å². The Morgan fingerprint density at radius 2 is 2.18 bits per heavy atom. The van der Waals surface area contributed by atoms with Gasteiger partial charge in [0.1, 0.15) is 0 Å². The van der Waals surface area contributed by atoms with Gasteiger partial charge in [-0.25, -0.2) is 9.78 Å². The molecule has 0 amide bonds. The summed E-state index contributed by atoms with van der Waals surface area (Å²) < 4.78 is 11.1. The third-order valence-corrected chi connectivity index (χ3v) is 2.57. The van der Waals surface area contributed by atoms with Crippen molar-refractivity contribution in [1.82, 2.24) is 9.38 Å². The van der Waals surface area contributed by atoms with Gasteiger partial charge in [-0.3, -0.25) is 4.40 Å². The minimum atomic E-state index is -0.779. The van der Waals surface area contributed by atoms with Gasteiger partial charge >= 0.3 is 6.16 Å². The van der Waals surface area contributed by atoms with Gasteiger partial charge < -0.3 is 15.2 Å².